The summed E-state index contributed by atoms with van der Waals surface area (Å²) in [4.78, 5) is 16.8. The van der Waals surface area contributed by atoms with E-state index in [2.05, 4.69) is 24.1 Å². The molecule has 1 amide bonds. The number of piperazine rings is 1. The van der Waals surface area contributed by atoms with Gasteiger partial charge in [0.05, 0.1) is 31.5 Å². The number of hydrogen-bond donors (Lipinski definition) is 1. The number of carbonyl (C=O) groups excluding carboxylic acids is 1. The summed E-state index contributed by atoms with van der Waals surface area (Å²) in [7, 11) is -3.50. The van der Waals surface area contributed by atoms with Crippen molar-refractivity contribution in [2.24, 2.45) is 5.92 Å². The van der Waals surface area contributed by atoms with Gasteiger partial charge in [0.25, 0.3) is 10.2 Å². The van der Waals surface area contributed by atoms with Crippen molar-refractivity contribution in [2.45, 2.75) is 46.0 Å². The van der Waals surface area contributed by atoms with Crippen molar-refractivity contribution >= 4 is 16.1 Å². The van der Waals surface area contributed by atoms with Gasteiger partial charge in [-0.3, -0.25) is 14.6 Å². The molecule has 3 fully saturated rings. The zero-order chi connectivity index (χ0) is 23.3. The van der Waals surface area contributed by atoms with E-state index in [1.54, 1.807) is 0 Å². The van der Waals surface area contributed by atoms with Gasteiger partial charge in [0.15, 0.2) is 0 Å². The maximum atomic E-state index is 13.0. The average Bonchev–Trinajstić information content (AvgIpc) is 2.72. The lowest BCUT2D eigenvalue weighted by molar-refractivity contribution is -0.123. The molecule has 3 unspecified atom stereocenters. The van der Waals surface area contributed by atoms with Crippen LogP contribution in [0.25, 0.3) is 0 Å². The van der Waals surface area contributed by atoms with Crippen LogP contribution in [0.4, 0.5) is 0 Å². The van der Waals surface area contributed by atoms with Crippen LogP contribution in [0.3, 0.4) is 0 Å². The molecule has 0 aromatic carbocycles. The average molecular weight is 476 g/mol. The molecule has 3 aliphatic heterocycles. The molecule has 0 aromatic rings. The molecular formula is C21H41N5O5S. The van der Waals surface area contributed by atoms with Crippen LogP contribution < -0.4 is 5.32 Å². The molecule has 3 heterocycles. The number of nitrogens with one attached hydrogen (secondary N) is 1. The summed E-state index contributed by atoms with van der Waals surface area (Å²) in [6.45, 7) is 15.2. The maximum Gasteiger partial charge on any atom is 0.282 e. The number of ether oxygens (including phenoxy) is 2. The van der Waals surface area contributed by atoms with E-state index in [1.165, 1.54) is 8.61 Å². The van der Waals surface area contributed by atoms with E-state index in [0.29, 0.717) is 58.3 Å². The predicted molar refractivity (Wildman–Crippen MR) is 123 cm³/mol. The Labute approximate surface area is 193 Å². The number of rotatable bonds is 8. The Morgan fingerprint density at radius 2 is 1.62 bits per heavy atom. The van der Waals surface area contributed by atoms with Gasteiger partial charge < -0.3 is 14.8 Å². The second-order valence-corrected chi connectivity index (χ2v) is 11.6. The number of hydrogen-bond acceptors (Lipinski definition) is 7. The molecule has 0 aromatic heterocycles. The van der Waals surface area contributed by atoms with Crippen molar-refractivity contribution in [3.05, 3.63) is 0 Å². The summed E-state index contributed by atoms with van der Waals surface area (Å²) in [5.41, 5.74) is 0. The molecular weight excluding hydrogens is 434 g/mol. The minimum absolute atomic E-state index is 0.0201. The van der Waals surface area contributed by atoms with E-state index in [1.807, 2.05) is 18.7 Å². The lowest BCUT2D eigenvalue weighted by atomic mass is 10.2. The molecule has 1 N–H and O–H groups in total. The third kappa shape index (κ3) is 7.34. The van der Waals surface area contributed by atoms with Crippen molar-refractivity contribution < 1.29 is 22.7 Å². The summed E-state index contributed by atoms with van der Waals surface area (Å²) in [5.74, 6) is 0.572. The second-order valence-electron chi connectivity index (χ2n) is 9.71. The summed E-state index contributed by atoms with van der Waals surface area (Å²) >= 11 is 0. The van der Waals surface area contributed by atoms with E-state index in [4.69, 9.17) is 9.47 Å². The molecule has 3 saturated heterocycles. The van der Waals surface area contributed by atoms with Crippen molar-refractivity contribution in [3.63, 3.8) is 0 Å². The zero-order valence-corrected chi connectivity index (χ0v) is 20.8. The van der Waals surface area contributed by atoms with Crippen LogP contribution in [0.2, 0.25) is 0 Å². The van der Waals surface area contributed by atoms with Gasteiger partial charge >= 0.3 is 0 Å². The quantitative estimate of drug-likeness (QED) is 0.502. The molecule has 10 nitrogen and oxygen atoms in total. The first-order chi connectivity index (χ1) is 15.1. The highest BCUT2D eigenvalue weighted by atomic mass is 32.2. The van der Waals surface area contributed by atoms with Crippen molar-refractivity contribution in [1.82, 2.24) is 23.7 Å². The maximum absolute atomic E-state index is 13.0. The van der Waals surface area contributed by atoms with Crippen LogP contribution in [-0.4, -0.2) is 130 Å². The molecule has 3 rings (SSSR count). The first kappa shape index (κ1) is 25.8. The summed E-state index contributed by atoms with van der Waals surface area (Å²) in [5, 5.41) is 2.99. The first-order valence-corrected chi connectivity index (χ1v) is 13.3. The van der Waals surface area contributed by atoms with Gasteiger partial charge in [-0.25, -0.2) is 0 Å². The minimum atomic E-state index is -3.50. The van der Waals surface area contributed by atoms with E-state index < -0.39 is 10.2 Å². The fourth-order valence-electron chi connectivity index (χ4n) is 4.67. The highest BCUT2D eigenvalue weighted by molar-refractivity contribution is 7.86. The number of amides is 1. The van der Waals surface area contributed by atoms with Gasteiger partial charge in [0.2, 0.25) is 5.91 Å². The summed E-state index contributed by atoms with van der Waals surface area (Å²) in [6, 6.07) is 0. The smallest absolute Gasteiger partial charge is 0.282 e. The van der Waals surface area contributed by atoms with Crippen molar-refractivity contribution in [1.29, 1.82) is 0 Å². The molecule has 0 spiro atoms. The number of nitrogens with zero attached hydrogens (tertiary/aromatic N) is 4. The van der Waals surface area contributed by atoms with Crippen LogP contribution in [0.15, 0.2) is 0 Å². The number of morpholine rings is 2. The van der Waals surface area contributed by atoms with Crippen LogP contribution in [0, 0.1) is 5.92 Å². The molecule has 0 aliphatic carbocycles. The largest absolute Gasteiger partial charge is 0.374 e. The topological polar surface area (TPSA) is 94.7 Å². The zero-order valence-electron chi connectivity index (χ0n) is 20.0. The number of carbonyl (C=O) groups is 1. The predicted octanol–water partition coefficient (Wildman–Crippen LogP) is -0.569. The van der Waals surface area contributed by atoms with Gasteiger partial charge in [0, 0.05) is 65.4 Å². The molecule has 0 saturated carbocycles. The van der Waals surface area contributed by atoms with Crippen LogP contribution in [0.5, 0.6) is 0 Å². The van der Waals surface area contributed by atoms with Gasteiger partial charge in [0.1, 0.15) is 0 Å². The van der Waals surface area contributed by atoms with Crippen molar-refractivity contribution in [2.75, 3.05) is 78.6 Å². The molecule has 32 heavy (non-hydrogen) atoms. The minimum Gasteiger partial charge on any atom is -0.374 e. The van der Waals surface area contributed by atoms with E-state index in [-0.39, 0.29) is 30.8 Å². The van der Waals surface area contributed by atoms with Crippen LogP contribution >= 0.6 is 0 Å². The Hall–Kier alpha value is -0.820. The Kier molecular flexibility index (Phi) is 9.31. The third-order valence-electron chi connectivity index (χ3n) is 6.11. The lowest BCUT2D eigenvalue weighted by Crippen LogP contribution is -2.57. The summed E-state index contributed by atoms with van der Waals surface area (Å²) < 4.78 is 40.5. The normalized spacial score (nSPS) is 30.0. The third-order valence-corrected chi connectivity index (χ3v) is 8.08. The lowest BCUT2D eigenvalue weighted by Gasteiger charge is -2.40. The molecule has 0 bridgehead atoms. The SMILES string of the molecule is CC(C)CN1CCOC(CNC(=O)CN2CCN(S(=O)(=O)N3CC(C)OC(C)C3)CC2)C1. The van der Waals surface area contributed by atoms with Gasteiger partial charge in [-0.05, 0) is 19.8 Å². The fraction of sp³-hybridized carbons (Fsp3) is 0.952. The Morgan fingerprint density at radius 3 is 2.25 bits per heavy atom. The monoisotopic (exact) mass is 475 g/mol. The van der Waals surface area contributed by atoms with Gasteiger partial charge in [-0.1, -0.05) is 13.8 Å². The molecule has 186 valence electrons. The highest BCUT2D eigenvalue weighted by Gasteiger charge is 2.36. The Balaban J connectivity index is 1.38. The first-order valence-electron chi connectivity index (χ1n) is 11.9. The van der Waals surface area contributed by atoms with E-state index in [0.717, 1.165) is 19.6 Å². The van der Waals surface area contributed by atoms with Crippen LogP contribution in [-0.2, 0) is 24.5 Å². The molecule has 0 radical (unpaired) electrons. The van der Waals surface area contributed by atoms with Gasteiger partial charge in [-0.15, -0.1) is 0 Å². The van der Waals surface area contributed by atoms with E-state index >= 15 is 0 Å². The standard InChI is InChI=1S/C21H41N5O5S/c1-17(2)12-24-9-10-30-20(15-24)11-22-21(27)16-23-5-7-25(8-6-23)32(28,29)26-13-18(3)31-19(4)14-26/h17-20H,5-16H2,1-4H3,(H,22,27). The summed E-state index contributed by atoms with van der Waals surface area (Å²) in [6.07, 6.45) is -0.194. The second kappa shape index (κ2) is 11.5. The van der Waals surface area contributed by atoms with Crippen LogP contribution in [0.1, 0.15) is 27.7 Å². The Morgan fingerprint density at radius 1 is 0.969 bits per heavy atom. The van der Waals surface area contributed by atoms with Gasteiger partial charge in [-0.2, -0.15) is 17.0 Å². The highest BCUT2D eigenvalue weighted by Crippen LogP contribution is 2.18. The molecule has 11 heteroatoms. The fourth-order valence-corrected chi connectivity index (χ4v) is 6.42. The van der Waals surface area contributed by atoms with Crippen molar-refractivity contribution in [3.8, 4) is 0 Å². The Bertz CT molecular complexity index is 703. The molecule has 3 aliphatic rings. The van der Waals surface area contributed by atoms with E-state index in [9.17, 15) is 13.2 Å². The molecule has 3 atom stereocenters.